The number of amides is 1. The number of hydrogen-bond acceptors (Lipinski definition) is 5. The Bertz CT molecular complexity index is 1410. The monoisotopic (exact) mass is 527 g/mol. The van der Waals surface area contributed by atoms with E-state index in [1.165, 1.54) is 12.1 Å². The Labute approximate surface area is 205 Å². The van der Waals surface area contributed by atoms with Gasteiger partial charge in [0, 0.05) is 23.9 Å². The van der Waals surface area contributed by atoms with E-state index >= 15 is 0 Å². The van der Waals surface area contributed by atoms with Crippen molar-refractivity contribution in [2.24, 2.45) is 0 Å². The summed E-state index contributed by atoms with van der Waals surface area (Å²) >= 11 is 0. The molecule has 3 heterocycles. The summed E-state index contributed by atoms with van der Waals surface area (Å²) in [6.07, 6.45) is -9.12. The van der Waals surface area contributed by atoms with Crippen molar-refractivity contribution in [2.45, 2.75) is 31.1 Å². The average Bonchev–Trinajstić information content (AvgIpc) is 3.68. The van der Waals surface area contributed by atoms with Gasteiger partial charge in [0.25, 0.3) is 5.91 Å². The Kier molecular flexibility index (Phi) is 6.15. The fourth-order valence-electron chi connectivity index (χ4n) is 4.38. The van der Waals surface area contributed by atoms with Crippen LogP contribution in [0.3, 0.4) is 0 Å². The number of anilines is 2. The van der Waals surface area contributed by atoms with Crippen LogP contribution in [0, 0.1) is 0 Å². The molecule has 37 heavy (non-hydrogen) atoms. The summed E-state index contributed by atoms with van der Waals surface area (Å²) in [5.74, 6) is -1.29. The molecule has 2 aromatic carbocycles. The van der Waals surface area contributed by atoms with E-state index in [-0.39, 0.29) is 17.3 Å². The molecular formula is C24H19F6N3O4. The zero-order valence-corrected chi connectivity index (χ0v) is 18.9. The predicted molar refractivity (Wildman–Crippen MR) is 120 cm³/mol. The molecule has 2 N–H and O–H groups in total. The highest BCUT2D eigenvalue weighted by Gasteiger charge is 2.41. The number of nitrogens with one attached hydrogen (secondary N) is 2. The van der Waals surface area contributed by atoms with Gasteiger partial charge in [-0.25, -0.2) is 0 Å². The number of alkyl halides is 6. The first-order valence-corrected chi connectivity index (χ1v) is 11.2. The van der Waals surface area contributed by atoms with Crippen LogP contribution in [-0.4, -0.2) is 43.0 Å². The first-order chi connectivity index (χ1) is 17.4. The van der Waals surface area contributed by atoms with Crippen molar-refractivity contribution in [1.29, 1.82) is 0 Å². The van der Waals surface area contributed by atoms with Crippen molar-refractivity contribution in [1.82, 2.24) is 4.98 Å². The first-order valence-electron chi connectivity index (χ1n) is 11.2. The standard InChI is InChI=1S/C24H19F6N3O4/c25-23(26,27)14-3-1-4-17-19(14)20(34)13(10-31-17)21(35)32-16-6-5-12(9-15(16)24(28,29)30)33-7-2-8-36-22(33)18-11-37-18/h1,3-6,9-10,18,22H,2,7-8,11H2,(H,31,34)(H,32,35). The number of fused-ring (bicyclic) bond motifs is 1. The van der Waals surface area contributed by atoms with Crippen molar-refractivity contribution >= 4 is 28.2 Å². The fraction of sp³-hybridized carbons (Fsp3) is 0.333. The fourth-order valence-corrected chi connectivity index (χ4v) is 4.38. The van der Waals surface area contributed by atoms with Gasteiger partial charge in [-0.1, -0.05) is 6.07 Å². The van der Waals surface area contributed by atoms with Gasteiger partial charge >= 0.3 is 12.4 Å². The molecule has 2 unspecified atom stereocenters. The number of ether oxygens (including phenoxy) is 2. The second kappa shape index (κ2) is 9.06. The maximum absolute atomic E-state index is 14.0. The van der Waals surface area contributed by atoms with Crippen LogP contribution < -0.4 is 15.6 Å². The van der Waals surface area contributed by atoms with E-state index in [0.717, 1.165) is 24.4 Å². The molecule has 0 aliphatic carbocycles. The predicted octanol–water partition coefficient (Wildman–Crippen LogP) is 4.77. The third-order valence-electron chi connectivity index (χ3n) is 6.16. The van der Waals surface area contributed by atoms with Gasteiger partial charge in [0.05, 0.1) is 35.4 Å². The van der Waals surface area contributed by atoms with Crippen molar-refractivity contribution < 1.29 is 40.6 Å². The maximum Gasteiger partial charge on any atom is 0.418 e. The summed E-state index contributed by atoms with van der Waals surface area (Å²) in [5.41, 5.74) is -5.11. The average molecular weight is 527 g/mol. The molecular weight excluding hydrogens is 508 g/mol. The number of aromatic amines is 1. The smallest absolute Gasteiger partial charge is 0.368 e. The van der Waals surface area contributed by atoms with Gasteiger partial charge in [-0.05, 0) is 36.8 Å². The highest BCUT2D eigenvalue weighted by atomic mass is 19.4. The normalized spacial score (nSPS) is 20.2. The van der Waals surface area contributed by atoms with Gasteiger partial charge in [0.15, 0.2) is 6.23 Å². The molecule has 2 aliphatic heterocycles. The Balaban J connectivity index is 1.50. The molecule has 2 atom stereocenters. The van der Waals surface area contributed by atoms with Gasteiger partial charge in [-0.15, -0.1) is 0 Å². The third kappa shape index (κ3) is 4.88. The SMILES string of the molecule is O=C(Nc1ccc(N2CCCOC2C2CO2)cc1C(F)(F)F)c1c[nH]c2cccc(C(F)(F)F)c2c1=O. The van der Waals surface area contributed by atoms with Gasteiger partial charge in [-0.3, -0.25) is 9.59 Å². The number of carbonyl (C=O) groups excluding carboxylic acids is 1. The lowest BCUT2D eigenvalue weighted by Crippen LogP contribution is -2.46. The van der Waals surface area contributed by atoms with Crippen molar-refractivity contribution in [2.75, 3.05) is 30.0 Å². The van der Waals surface area contributed by atoms with Gasteiger partial charge in [0.2, 0.25) is 5.43 Å². The minimum absolute atomic E-state index is 0.172. The number of aromatic nitrogens is 1. The number of epoxide rings is 1. The van der Waals surface area contributed by atoms with E-state index < -0.39 is 57.7 Å². The minimum Gasteiger partial charge on any atom is -0.368 e. The van der Waals surface area contributed by atoms with E-state index in [2.05, 4.69) is 4.98 Å². The molecule has 5 rings (SSSR count). The summed E-state index contributed by atoms with van der Waals surface area (Å²) in [6, 6.07) is 6.24. The van der Waals surface area contributed by atoms with E-state index in [1.54, 1.807) is 4.90 Å². The van der Waals surface area contributed by atoms with Crippen LogP contribution in [0.15, 0.2) is 47.4 Å². The summed E-state index contributed by atoms with van der Waals surface area (Å²) in [7, 11) is 0. The number of rotatable bonds is 4. The molecule has 0 bridgehead atoms. The third-order valence-corrected chi connectivity index (χ3v) is 6.16. The number of H-pyrrole nitrogens is 1. The van der Waals surface area contributed by atoms with Crippen LogP contribution in [0.4, 0.5) is 37.7 Å². The zero-order valence-electron chi connectivity index (χ0n) is 18.9. The van der Waals surface area contributed by atoms with Crippen LogP contribution in [-0.2, 0) is 21.8 Å². The van der Waals surface area contributed by atoms with Crippen molar-refractivity contribution in [3.63, 3.8) is 0 Å². The van der Waals surface area contributed by atoms with Gasteiger partial charge in [-0.2, -0.15) is 26.3 Å². The molecule has 1 amide bonds. The molecule has 196 valence electrons. The lowest BCUT2D eigenvalue weighted by atomic mass is 10.0. The summed E-state index contributed by atoms with van der Waals surface area (Å²) < 4.78 is 93.1. The van der Waals surface area contributed by atoms with Crippen LogP contribution >= 0.6 is 0 Å². The van der Waals surface area contributed by atoms with Crippen LogP contribution in [0.25, 0.3) is 10.9 Å². The van der Waals surface area contributed by atoms with Crippen LogP contribution in [0.5, 0.6) is 0 Å². The molecule has 0 spiro atoms. The lowest BCUT2D eigenvalue weighted by molar-refractivity contribution is -0.137. The molecule has 2 saturated heterocycles. The second-order valence-electron chi connectivity index (χ2n) is 8.62. The van der Waals surface area contributed by atoms with Crippen molar-refractivity contribution in [3.8, 4) is 0 Å². The lowest BCUT2D eigenvalue weighted by Gasteiger charge is -2.37. The topological polar surface area (TPSA) is 87.0 Å². The highest BCUT2D eigenvalue weighted by Crippen LogP contribution is 2.39. The number of carbonyl (C=O) groups is 1. The number of hydrogen-bond donors (Lipinski definition) is 2. The van der Waals surface area contributed by atoms with Crippen LogP contribution in [0.2, 0.25) is 0 Å². The molecule has 2 fully saturated rings. The number of pyridine rings is 1. The number of halogens is 6. The number of nitrogens with zero attached hydrogens (tertiary/aromatic N) is 1. The van der Waals surface area contributed by atoms with Gasteiger partial charge in [0.1, 0.15) is 11.7 Å². The molecule has 7 nitrogen and oxygen atoms in total. The van der Waals surface area contributed by atoms with Crippen LogP contribution in [0.1, 0.15) is 27.9 Å². The molecule has 0 radical (unpaired) electrons. The molecule has 13 heteroatoms. The summed E-state index contributed by atoms with van der Waals surface area (Å²) in [6.45, 7) is 1.30. The van der Waals surface area contributed by atoms with Crippen molar-refractivity contribution in [3.05, 3.63) is 69.5 Å². The largest absolute Gasteiger partial charge is 0.418 e. The Morgan fingerprint density at radius 3 is 2.43 bits per heavy atom. The summed E-state index contributed by atoms with van der Waals surface area (Å²) in [5, 5.41) is 1.25. The molecule has 3 aromatic rings. The first kappa shape index (κ1) is 25.1. The van der Waals surface area contributed by atoms with E-state index in [0.29, 0.717) is 32.2 Å². The molecule has 1 aromatic heterocycles. The molecule has 0 saturated carbocycles. The summed E-state index contributed by atoms with van der Waals surface area (Å²) in [4.78, 5) is 29.8. The second-order valence-corrected chi connectivity index (χ2v) is 8.62. The van der Waals surface area contributed by atoms with Gasteiger partial charge < -0.3 is 24.7 Å². The molecule has 2 aliphatic rings. The van der Waals surface area contributed by atoms with E-state index in [1.807, 2.05) is 5.32 Å². The van der Waals surface area contributed by atoms with E-state index in [9.17, 15) is 35.9 Å². The zero-order chi connectivity index (χ0) is 26.5. The minimum atomic E-state index is -4.89. The maximum atomic E-state index is 14.0. The highest BCUT2D eigenvalue weighted by molar-refractivity contribution is 6.06. The Hall–Kier alpha value is -3.58. The Morgan fingerprint density at radius 2 is 1.76 bits per heavy atom. The van der Waals surface area contributed by atoms with E-state index in [4.69, 9.17) is 9.47 Å². The number of benzene rings is 2. The Morgan fingerprint density at radius 1 is 1.03 bits per heavy atom. The quantitative estimate of drug-likeness (QED) is 0.377.